The quantitative estimate of drug-likeness (QED) is 0.617. The zero-order valence-electron chi connectivity index (χ0n) is 17.9. The van der Waals surface area contributed by atoms with Crippen LogP contribution in [-0.2, 0) is 12.7 Å². The molecule has 0 atom stereocenters. The third kappa shape index (κ3) is 4.32. The summed E-state index contributed by atoms with van der Waals surface area (Å²) in [7, 11) is 0. The van der Waals surface area contributed by atoms with Gasteiger partial charge in [-0.2, -0.15) is 13.2 Å². The molecule has 0 unspecified atom stereocenters. The Kier molecular flexibility index (Phi) is 5.90. The molecule has 32 heavy (non-hydrogen) atoms. The Morgan fingerprint density at radius 3 is 2.44 bits per heavy atom. The predicted octanol–water partition coefficient (Wildman–Crippen LogP) is 4.50. The highest BCUT2D eigenvalue weighted by atomic mass is 19.4. The number of hydrogen-bond acceptors (Lipinski definition) is 4. The molecule has 170 valence electrons. The van der Waals surface area contributed by atoms with Crippen molar-refractivity contribution in [2.45, 2.75) is 45.8 Å². The van der Waals surface area contributed by atoms with Gasteiger partial charge in [-0.1, -0.05) is 6.07 Å². The monoisotopic (exact) mass is 448 g/mol. The molecule has 2 aromatic carbocycles. The van der Waals surface area contributed by atoms with Crippen molar-refractivity contribution in [2.75, 3.05) is 13.1 Å². The molecule has 1 fully saturated rings. The number of aryl methyl sites for hydroxylation is 2. The molecule has 2 N–H and O–H groups in total. The first-order valence-electron chi connectivity index (χ1n) is 10.6. The van der Waals surface area contributed by atoms with Crippen molar-refractivity contribution < 1.29 is 32.3 Å². The van der Waals surface area contributed by atoms with Gasteiger partial charge in [0.15, 0.2) is 5.58 Å². The SMILES string of the molecule is Cc1ccc(Oc2c(C(F)(F)F)oc3c(C[NH+]4CCCCC4)c(O)ccc3c2=O)cc1C. The molecule has 0 spiro atoms. The number of ether oxygens (including phenoxy) is 1. The van der Waals surface area contributed by atoms with E-state index >= 15 is 0 Å². The van der Waals surface area contributed by atoms with Crippen LogP contribution in [0.25, 0.3) is 11.0 Å². The van der Waals surface area contributed by atoms with Crippen LogP contribution in [0.3, 0.4) is 0 Å². The number of rotatable bonds is 4. The van der Waals surface area contributed by atoms with Crippen LogP contribution >= 0.6 is 0 Å². The number of fused-ring (bicyclic) bond motifs is 1. The van der Waals surface area contributed by atoms with E-state index in [0.717, 1.165) is 48.4 Å². The van der Waals surface area contributed by atoms with Crippen LogP contribution in [0.15, 0.2) is 39.5 Å². The maximum absolute atomic E-state index is 13.9. The van der Waals surface area contributed by atoms with Crippen molar-refractivity contribution in [1.82, 2.24) is 0 Å². The van der Waals surface area contributed by atoms with Crippen molar-refractivity contribution >= 4 is 11.0 Å². The highest BCUT2D eigenvalue weighted by Crippen LogP contribution is 2.40. The summed E-state index contributed by atoms with van der Waals surface area (Å²) >= 11 is 0. The summed E-state index contributed by atoms with van der Waals surface area (Å²) < 4.78 is 52.5. The van der Waals surface area contributed by atoms with Gasteiger partial charge >= 0.3 is 6.18 Å². The molecule has 0 aliphatic carbocycles. The number of piperidine rings is 1. The largest absolute Gasteiger partial charge is 0.507 e. The van der Waals surface area contributed by atoms with Crippen LogP contribution in [0.2, 0.25) is 0 Å². The first-order chi connectivity index (χ1) is 15.1. The first kappa shape index (κ1) is 22.2. The highest BCUT2D eigenvalue weighted by Gasteiger charge is 2.41. The normalized spacial score (nSPS) is 15.3. The van der Waals surface area contributed by atoms with Gasteiger partial charge in [-0.15, -0.1) is 0 Å². The van der Waals surface area contributed by atoms with Crippen molar-refractivity contribution in [3.05, 3.63) is 63.0 Å². The number of hydrogen-bond donors (Lipinski definition) is 2. The van der Waals surface area contributed by atoms with Crippen LogP contribution in [0, 0.1) is 13.8 Å². The molecule has 0 bridgehead atoms. The Morgan fingerprint density at radius 1 is 1.06 bits per heavy atom. The Hall–Kier alpha value is -3.00. The van der Waals surface area contributed by atoms with E-state index in [2.05, 4.69) is 0 Å². The second-order valence-corrected chi connectivity index (χ2v) is 8.36. The lowest BCUT2D eigenvalue weighted by molar-refractivity contribution is -0.918. The molecule has 1 saturated heterocycles. The minimum Gasteiger partial charge on any atom is -0.507 e. The van der Waals surface area contributed by atoms with Gasteiger partial charge in [0, 0.05) is 0 Å². The molecule has 0 radical (unpaired) electrons. The topological polar surface area (TPSA) is 64.1 Å². The lowest BCUT2D eigenvalue weighted by atomic mass is 10.1. The molecule has 0 amide bonds. The summed E-state index contributed by atoms with van der Waals surface area (Å²) in [4.78, 5) is 14.3. The summed E-state index contributed by atoms with van der Waals surface area (Å²) in [6.07, 6.45) is -1.83. The van der Waals surface area contributed by atoms with E-state index in [1.165, 1.54) is 18.2 Å². The van der Waals surface area contributed by atoms with Gasteiger partial charge in [-0.3, -0.25) is 4.79 Å². The average molecular weight is 448 g/mol. The van der Waals surface area contributed by atoms with E-state index < -0.39 is 23.1 Å². The fraction of sp³-hybridized carbons (Fsp3) is 0.375. The fourth-order valence-electron chi connectivity index (χ4n) is 4.11. The second kappa shape index (κ2) is 8.50. The molecule has 4 rings (SSSR count). The number of quaternary nitrogens is 1. The third-order valence-electron chi connectivity index (χ3n) is 6.04. The summed E-state index contributed by atoms with van der Waals surface area (Å²) in [6, 6.07) is 7.39. The zero-order chi connectivity index (χ0) is 23.0. The van der Waals surface area contributed by atoms with Gasteiger partial charge in [-0.25, -0.2) is 0 Å². The maximum atomic E-state index is 13.9. The van der Waals surface area contributed by atoms with Crippen LogP contribution < -0.4 is 15.1 Å². The molecule has 5 nitrogen and oxygen atoms in total. The average Bonchev–Trinajstić information content (AvgIpc) is 2.74. The van der Waals surface area contributed by atoms with Gasteiger partial charge in [0.2, 0.25) is 11.2 Å². The molecule has 1 aromatic heterocycles. The number of phenolic OH excluding ortho intramolecular Hbond substituents is 1. The predicted molar refractivity (Wildman–Crippen MR) is 113 cm³/mol. The lowest BCUT2D eigenvalue weighted by Gasteiger charge is -2.24. The second-order valence-electron chi connectivity index (χ2n) is 8.36. The number of alkyl halides is 3. The van der Waals surface area contributed by atoms with Gasteiger partial charge < -0.3 is 19.2 Å². The van der Waals surface area contributed by atoms with Crippen molar-refractivity contribution in [2.24, 2.45) is 0 Å². The van der Waals surface area contributed by atoms with E-state index in [-0.39, 0.29) is 34.6 Å². The molecule has 0 saturated carbocycles. The number of nitrogens with one attached hydrogen (secondary N) is 1. The van der Waals surface area contributed by atoms with Gasteiger partial charge in [0.1, 0.15) is 18.0 Å². The number of likely N-dealkylation sites (tertiary alicyclic amines) is 1. The molecule has 1 aliphatic heterocycles. The molecule has 1 aliphatic rings. The summed E-state index contributed by atoms with van der Waals surface area (Å²) in [6.45, 7) is 5.64. The van der Waals surface area contributed by atoms with Gasteiger partial charge in [-0.05, 0) is 68.5 Å². The summed E-state index contributed by atoms with van der Waals surface area (Å²) in [5, 5.41) is 10.3. The van der Waals surface area contributed by atoms with E-state index in [1.807, 2.05) is 6.92 Å². The molecule has 3 aromatic rings. The number of benzene rings is 2. The fourth-order valence-corrected chi connectivity index (χ4v) is 4.11. The van der Waals surface area contributed by atoms with E-state index in [1.54, 1.807) is 19.1 Å². The minimum atomic E-state index is -4.96. The third-order valence-corrected chi connectivity index (χ3v) is 6.04. The Morgan fingerprint density at radius 2 is 1.78 bits per heavy atom. The van der Waals surface area contributed by atoms with Crippen molar-refractivity contribution in [3.63, 3.8) is 0 Å². The van der Waals surface area contributed by atoms with Crippen LogP contribution in [0.4, 0.5) is 13.2 Å². The van der Waals surface area contributed by atoms with E-state index in [9.17, 15) is 23.1 Å². The van der Waals surface area contributed by atoms with Crippen LogP contribution in [-0.4, -0.2) is 18.2 Å². The Labute approximate surface area is 183 Å². The van der Waals surface area contributed by atoms with Crippen LogP contribution in [0.5, 0.6) is 17.2 Å². The summed E-state index contributed by atoms with van der Waals surface area (Å²) in [5.41, 5.74) is 0.802. The number of phenols is 1. The Bertz CT molecular complexity index is 1210. The number of aromatic hydroxyl groups is 1. The first-order valence-corrected chi connectivity index (χ1v) is 10.6. The number of halogens is 3. The maximum Gasteiger partial charge on any atom is 0.453 e. The molecule has 8 heteroatoms. The van der Waals surface area contributed by atoms with Crippen molar-refractivity contribution in [3.8, 4) is 17.2 Å². The van der Waals surface area contributed by atoms with E-state index in [0.29, 0.717) is 0 Å². The summed E-state index contributed by atoms with van der Waals surface area (Å²) in [5.74, 6) is -2.49. The highest BCUT2D eigenvalue weighted by molar-refractivity contribution is 5.83. The van der Waals surface area contributed by atoms with E-state index in [4.69, 9.17) is 9.15 Å². The molecular formula is C24H25F3NO4+. The zero-order valence-corrected chi connectivity index (χ0v) is 17.9. The van der Waals surface area contributed by atoms with Crippen molar-refractivity contribution in [1.29, 1.82) is 0 Å². The molecule has 2 heterocycles. The Balaban J connectivity index is 1.87. The van der Waals surface area contributed by atoms with Gasteiger partial charge in [0.25, 0.3) is 5.76 Å². The lowest BCUT2D eigenvalue weighted by Crippen LogP contribution is -3.11. The van der Waals surface area contributed by atoms with Gasteiger partial charge in [0.05, 0.1) is 24.0 Å². The van der Waals surface area contributed by atoms with Crippen LogP contribution in [0.1, 0.15) is 41.7 Å². The standard InChI is InChI=1S/C24H24F3NO4/c1-14-6-7-16(12-15(14)2)31-22-20(30)17-8-9-19(29)18(13-28-10-4-3-5-11-28)21(17)32-23(22)24(25,26)27/h6-9,12,29H,3-5,10-11,13H2,1-2H3/p+1. The minimum absolute atomic E-state index is 0.0546. The smallest absolute Gasteiger partial charge is 0.453 e. The molecular weight excluding hydrogens is 423 g/mol.